The molecule has 0 radical (unpaired) electrons. The number of primary sulfonamides is 1. The molecule has 3 aromatic rings. The molecule has 204 valence electrons. The molecule has 1 aliphatic heterocycles. The van der Waals surface area contributed by atoms with Crippen molar-refractivity contribution in [3.8, 4) is 6.07 Å². The number of aryl methyl sites for hydroxylation is 1. The number of carbonyl (C=O) groups is 3. The molecule has 1 aromatic carbocycles. The van der Waals surface area contributed by atoms with Crippen LogP contribution < -0.4 is 21.1 Å². The van der Waals surface area contributed by atoms with Crippen LogP contribution >= 0.6 is 0 Å². The summed E-state index contributed by atoms with van der Waals surface area (Å²) in [7, 11) is -2.21. The van der Waals surface area contributed by atoms with Crippen LogP contribution in [0.1, 0.15) is 35.6 Å². The highest BCUT2D eigenvalue weighted by atomic mass is 32.2. The number of nitrogens with zero attached hydrogens (tertiary/aromatic N) is 6. The summed E-state index contributed by atoms with van der Waals surface area (Å²) in [5, 5.41) is 17.7. The quantitative estimate of drug-likeness (QED) is 0.233. The number of hydrogen-bond donors (Lipinski definition) is 3. The van der Waals surface area contributed by atoms with Crippen LogP contribution in [0.25, 0.3) is 11.0 Å². The Morgan fingerprint density at radius 1 is 1.23 bits per heavy atom. The Morgan fingerprint density at radius 3 is 2.59 bits per heavy atom. The van der Waals surface area contributed by atoms with Gasteiger partial charge < -0.3 is 15.6 Å². The fraction of sp³-hybridized carbons (Fsp3) is 0.333. The number of amides is 4. The smallest absolute Gasteiger partial charge is 0.332 e. The van der Waals surface area contributed by atoms with Gasteiger partial charge >= 0.3 is 6.03 Å². The van der Waals surface area contributed by atoms with Gasteiger partial charge in [-0.3, -0.25) is 19.4 Å². The molecular weight excluding hydrogens is 526 g/mol. The number of anilines is 1. The number of benzene rings is 1. The molecule has 1 saturated heterocycles. The number of hydrogen-bond acceptors (Lipinski definition) is 9. The number of nitrogens with one attached hydrogen (secondary N) is 1. The van der Waals surface area contributed by atoms with E-state index in [1.165, 1.54) is 35.4 Å². The predicted octanol–water partition coefficient (Wildman–Crippen LogP) is 0.335. The Hall–Kier alpha value is -4.39. The number of fused-ring (bicyclic) bond motifs is 1. The predicted molar refractivity (Wildman–Crippen MR) is 139 cm³/mol. The van der Waals surface area contributed by atoms with Crippen molar-refractivity contribution in [2.75, 3.05) is 18.0 Å². The van der Waals surface area contributed by atoms with Gasteiger partial charge in [0.25, 0.3) is 11.8 Å². The minimum absolute atomic E-state index is 0.0601. The van der Waals surface area contributed by atoms with Crippen molar-refractivity contribution in [3.63, 3.8) is 0 Å². The molecule has 4 rings (SSSR count). The molecular formula is C24H27N9O5S. The molecule has 2 aromatic heterocycles. The molecule has 0 spiro atoms. The number of aromatic nitrogens is 3. The first-order valence-electron chi connectivity index (χ1n) is 12.0. The average Bonchev–Trinajstić information content (AvgIpc) is 3.37. The molecule has 0 saturated carbocycles. The normalized spacial score (nSPS) is 14.6. The van der Waals surface area contributed by atoms with Crippen molar-refractivity contribution < 1.29 is 22.8 Å². The monoisotopic (exact) mass is 553 g/mol. The number of sulfonamides is 1. The molecule has 1 atom stereocenters. The highest BCUT2D eigenvalue weighted by Crippen LogP contribution is 2.25. The fourth-order valence-electron chi connectivity index (χ4n) is 4.19. The molecule has 1 fully saturated rings. The largest absolute Gasteiger partial charge is 0.334 e. The van der Waals surface area contributed by atoms with Gasteiger partial charge in [-0.05, 0) is 56.1 Å². The van der Waals surface area contributed by atoms with Gasteiger partial charge in [0.2, 0.25) is 15.8 Å². The summed E-state index contributed by atoms with van der Waals surface area (Å²) in [6.07, 6.45) is 3.36. The minimum atomic E-state index is -3.90. The van der Waals surface area contributed by atoms with E-state index in [-0.39, 0.29) is 23.8 Å². The summed E-state index contributed by atoms with van der Waals surface area (Å²) in [6, 6.07) is 7.83. The molecule has 5 N–H and O–H groups in total. The van der Waals surface area contributed by atoms with Gasteiger partial charge in [-0.25, -0.2) is 28.3 Å². The molecule has 0 unspecified atom stereocenters. The standard InChI is InChI=1S/C24H27N9O5S/c1-31-18(10-15-12-28-21(30-22(15)31)23(35)29-16(11-26)4-2-3-9-25)13-33-20(34)14-32(24(33)36)17-5-7-19(8-6-17)39(27,37)38/h5-8,10,12,16H,2-4,9,13-14,25H2,1H3,(H,29,35)(H2,27,37,38)/t16-/m0/s1. The van der Waals surface area contributed by atoms with Crippen molar-refractivity contribution in [2.24, 2.45) is 17.9 Å². The minimum Gasteiger partial charge on any atom is -0.334 e. The second-order valence-corrected chi connectivity index (χ2v) is 10.6. The van der Waals surface area contributed by atoms with E-state index in [0.717, 1.165) is 11.3 Å². The lowest BCUT2D eigenvalue weighted by atomic mass is 10.1. The molecule has 0 aliphatic carbocycles. The topological polar surface area (TPSA) is 210 Å². The van der Waals surface area contributed by atoms with Crippen molar-refractivity contribution in [1.29, 1.82) is 5.26 Å². The van der Waals surface area contributed by atoms with Gasteiger partial charge in [0.15, 0.2) is 0 Å². The zero-order valence-corrected chi connectivity index (χ0v) is 21.9. The maximum Gasteiger partial charge on any atom is 0.332 e. The van der Waals surface area contributed by atoms with Crippen LogP contribution in [0, 0.1) is 11.3 Å². The second-order valence-electron chi connectivity index (χ2n) is 8.99. The van der Waals surface area contributed by atoms with Crippen LogP contribution in [-0.2, 0) is 28.4 Å². The highest BCUT2D eigenvalue weighted by molar-refractivity contribution is 7.89. The molecule has 39 heavy (non-hydrogen) atoms. The molecule has 15 heteroatoms. The van der Waals surface area contributed by atoms with E-state index in [0.29, 0.717) is 41.8 Å². The molecule has 4 amide bonds. The Labute approximate surface area is 224 Å². The summed E-state index contributed by atoms with van der Waals surface area (Å²) in [5.41, 5.74) is 6.81. The number of rotatable bonds is 10. The Kier molecular flexibility index (Phi) is 7.90. The Bertz CT molecular complexity index is 1580. The number of nitrogens with two attached hydrogens (primary N) is 2. The average molecular weight is 554 g/mol. The lowest BCUT2D eigenvalue weighted by Crippen LogP contribution is -2.35. The van der Waals surface area contributed by atoms with E-state index in [9.17, 15) is 28.1 Å². The van der Waals surface area contributed by atoms with E-state index in [1.54, 1.807) is 17.7 Å². The van der Waals surface area contributed by atoms with E-state index in [1.807, 2.05) is 6.07 Å². The van der Waals surface area contributed by atoms with E-state index in [2.05, 4.69) is 15.3 Å². The van der Waals surface area contributed by atoms with Crippen LogP contribution in [-0.4, -0.2) is 64.8 Å². The third-order valence-electron chi connectivity index (χ3n) is 6.33. The number of imide groups is 1. The van der Waals surface area contributed by atoms with Gasteiger partial charge in [0.05, 0.1) is 17.5 Å². The Balaban J connectivity index is 1.50. The molecule has 14 nitrogen and oxygen atoms in total. The van der Waals surface area contributed by atoms with Crippen LogP contribution in [0.2, 0.25) is 0 Å². The Morgan fingerprint density at radius 2 is 1.95 bits per heavy atom. The van der Waals surface area contributed by atoms with Gasteiger partial charge in [-0.2, -0.15) is 5.26 Å². The summed E-state index contributed by atoms with van der Waals surface area (Å²) in [6.45, 7) is 0.227. The summed E-state index contributed by atoms with van der Waals surface area (Å²) < 4.78 is 24.6. The van der Waals surface area contributed by atoms with Gasteiger partial charge in [-0.1, -0.05) is 0 Å². The number of carbonyl (C=O) groups excluding carboxylic acids is 3. The highest BCUT2D eigenvalue weighted by Gasteiger charge is 2.37. The second kappa shape index (κ2) is 11.2. The lowest BCUT2D eigenvalue weighted by Gasteiger charge is -2.17. The maximum absolute atomic E-state index is 13.1. The van der Waals surface area contributed by atoms with Crippen LogP contribution in [0.3, 0.4) is 0 Å². The summed E-state index contributed by atoms with van der Waals surface area (Å²) in [4.78, 5) is 49.1. The van der Waals surface area contributed by atoms with Crippen molar-refractivity contribution >= 4 is 44.6 Å². The lowest BCUT2D eigenvalue weighted by molar-refractivity contribution is -0.125. The third-order valence-corrected chi connectivity index (χ3v) is 7.26. The summed E-state index contributed by atoms with van der Waals surface area (Å²) >= 11 is 0. The van der Waals surface area contributed by atoms with E-state index >= 15 is 0 Å². The van der Waals surface area contributed by atoms with Crippen molar-refractivity contribution in [1.82, 2.24) is 24.8 Å². The van der Waals surface area contributed by atoms with Crippen LogP contribution in [0.4, 0.5) is 10.5 Å². The first kappa shape index (κ1) is 27.6. The summed E-state index contributed by atoms with van der Waals surface area (Å²) in [5.74, 6) is -1.14. The first-order chi connectivity index (χ1) is 18.5. The first-order valence-corrected chi connectivity index (χ1v) is 13.5. The third kappa shape index (κ3) is 5.87. The number of unbranched alkanes of at least 4 members (excludes halogenated alkanes) is 1. The zero-order valence-electron chi connectivity index (χ0n) is 21.1. The van der Waals surface area contributed by atoms with E-state index < -0.39 is 33.9 Å². The molecule has 3 heterocycles. The zero-order chi connectivity index (χ0) is 28.3. The fourth-order valence-corrected chi connectivity index (χ4v) is 4.70. The SMILES string of the molecule is Cn1c(CN2C(=O)CN(c3ccc(S(N)(=O)=O)cc3)C2=O)cc2cnc(C(=O)N[C@H](C#N)CCCCN)nc21. The van der Waals surface area contributed by atoms with Crippen molar-refractivity contribution in [3.05, 3.63) is 48.0 Å². The van der Waals surface area contributed by atoms with Crippen LogP contribution in [0.5, 0.6) is 0 Å². The maximum atomic E-state index is 13.1. The van der Waals surface area contributed by atoms with Gasteiger partial charge in [0, 0.05) is 30.0 Å². The van der Waals surface area contributed by atoms with Gasteiger partial charge in [-0.15, -0.1) is 0 Å². The number of urea groups is 1. The van der Waals surface area contributed by atoms with Gasteiger partial charge in [0.1, 0.15) is 18.2 Å². The van der Waals surface area contributed by atoms with E-state index in [4.69, 9.17) is 10.9 Å². The molecule has 0 bridgehead atoms. The molecule has 1 aliphatic rings. The van der Waals surface area contributed by atoms with Crippen LogP contribution in [0.15, 0.2) is 41.4 Å². The van der Waals surface area contributed by atoms with Crippen molar-refractivity contribution in [2.45, 2.75) is 36.7 Å². The number of nitriles is 1.